The second-order valence-corrected chi connectivity index (χ2v) is 5.62. The quantitative estimate of drug-likeness (QED) is 0.451. The third-order valence-corrected chi connectivity index (χ3v) is 3.83. The SMILES string of the molecule is COC(=O)c1cc(F)cc([N+](=O)[O-])c1-c1ccc(CN(C)C(=O)OC)cc1. The number of ether oxygens (including phenoxy) is 2. The van der Waals surface area contributed by atoms with E-state index in [2.05, 4.69) is 9.47 Å². The standard InChI is InChI=1S/C18H17FN2O6/c1-20(18(23)27-3)10-11-4-6-12(7-5-11)16-14(17(22)26-2)8-13(19)9-15(16)21(24)25/h4-9H,10H2,1-3H3. The lowest BCUT2D eigenvalue weighted by molar-refractivity contribution is -0.384. The Hall–Kier alpha value is -3.49. The summed E-state index contributed by atoms with van der Waals surface area (Å²) in [6.45, 7) is 0.252. The van der Waals surface area contributed by atoms with E-state index in [9.17, 15) is 24.1 Å². The van der Waals surface area contributed by atoms with Gasteiger partial charge in [0.25, 0.3) is 5.69 Å². The molecule has 0 N–H and O–H groups in total. The molecule has 0 saturated carbocycles. The smallest absolute Gasteiger partial charge is 0.409 e. The fourth-order valence-electron chi connectivity index (χ4n) is 2.58. The van der Waals surface area contributed by atoms with Crippen LogP contribution in [0.1, 0.15) is 15.9 Å². The number of benzene rings is 2. The van der Waals surface area contributed by atoms with Gasteiger partial charge in [-0.15, -0.1) is 0 Å². The maximum absolute atomic E-state index is 13.7. The highest BCUT2D eigenvalue weighted by Crippen LogP contribution is 2.35. The average Bonchev–Trinajstić information content (AvgIpc) is 2.66. The first-order valence-electron chi connectivity index (χ1n) is 7.73. The van der Waals surface area contributed by atoms with Crippen LogP contribution in [0.5, 0.6) is 0 Å². The van der Waals surface area contributed by atoms with Crippen molar-refractivity contribution in [2.24, 2.45) is 0 Å². The van der Waals surface area contributed by atoms with Crippen LogP contribution in [0.3, 0.4) is 0 Å². The topological polar surface area (TPSA) is 99.0 Å². The van der Waals surface area contributed by atoms with E-state index >= 15 is 0 Å². The molecule has 142 valence electrons. The Labute approximate surface area is 154 Å². The van der Waals surface area contributed by atoms with Crippen molar-refractivity contribution in [2.75, 3.05) is 21.3 Å². The highest BCUT2D eigenvalue weighted by molar-refractivity contribution is 6.00. The monoisotopic (exact) mass is 376 g/mol. The van der Waals surface area contributed by atoms with Crippen molar-refractivity contribution in [3.63, 3.8) is 0 Å². The van der Waals surface area contributed by atoms with E-state index in [-0.39, 0.29) is 17.7 Å². The van der Waals surface area contributed by atoms with Crippen molar-refractivity contribution in [1.29, 1.82) is 0 Å². The van der Waals surface area contributed by atoms with Gasteiger partial charge in [0.15, 0.2) is 0 Å². The average molecular weight is 376 g/mol. The molecule has 0 unspecified atom stereocenters. The Morgan fingerprint density at radius 3 is 2.30 bits per heavy atom. The second kappa shape index (κ2) is 8.26. The summed E-state index contributed by atoms with van der Waals surface area (Å²) in [6.07, 6.45) is -0.513. The minimum absolute atomic E-state index is 0.0406. The van der Waals surface area contributed by atoms with Crippen LogP contribution in [-0.2, 0) is 16.0 Å². The summed E-state index contributed by atoms with van der Waals surface area (Å²) in [5.41, 5.74) is 0.238. The van der Waals surface area contributed by atoms with E-state index in [0.29, 0.717) is 5.56 Å². The number of halogens is 1. The van der Waals surface area contributed by atoms with Crippen LogP contribution in [-0.4, -0.2) is 43.2 Å². The molecule has 0 spiro atoms. The van der Waals surface area contributed by atoms with Crippen LogP contribution in [0.2, 0.25) is 0 Å². The lowest BCUT2D eigenvalue weighted by atomic mass is 9.96. The summed E-state index contributed by atoms with van der Waals surface area (Å²) in [5, 5.41) is 11.4. The zero-order valence-corrected chi connectivity index (χ0v) is 14.9. The number of hydrogen-bond donors (Lipinski definition) is 0. The molecule has 2 rings (SSSR count). The number of rotatable bonds is 5. The molecule has 0 aliphatic heterocycles. The van der Waals surface area contributed by atoms with Gasteiger partial charge >= 0.3 is 12.1 Å². The number of esters is 1. The Kier molecular flexibility index (Phi) is 6.07. The van der Waals surface area contributed by atoms with Crippen molar-refractivity contribution < 1.29 is 28.4 Å². The van der Waals surface area contributed by atoms with Crippen LogP contribution in [0.4, 0.5) is 14.9 Å². The summed E-state index contributed by atoms with van der Waals surface area (Å²) >= 11 is 0. The fraction of sp³-hybridized carbons (Fsp3) is 0.222. The largest absolute Gasteiger partial charge is 0.465 e. The summed E-state index contributed by atoms with van der Waals surface area (Å²) in [6, 6.07) is 8.03. The first-order valence-corrected chi connectivity index (χ1v) is 7.73. The molecule has 0 heterocycles. The zero-order valence-electron chi connectivity index (χ0n) is 14.9. The number of nitro benzene ring substituents is 1. The highest BCUT2D eigenvalue weighted by atomic mass is 19.1. The molecule has 0 atom stereocenters. The Morgan fingerprint density at radius 2 is 1.78 bits per heavy atom. The maximum Gasteiger partial charge on any atom is 0.409 e. The van der Waals surface area contributed by atoms with Crippen LogP contribution in [0.25, 0.3) is 11.1 Å². The Morgan fingerprint density at radius 1 is 1.15 bits per heavy atom. The molecular formula is C18H17FN2O6. The molecule has 0 aromatic heterocycles. The number of amides is 1. The number of methoxy groups -OCH3 is 2. The number of carbonyl (C=O) groups is 2. The van der Waals surface area contributed by atoms with Crippen molar-refractivity contribution in [2.45, 2.75) is 6.54 Å². The number of hydrogen-bond acceptors (Lipinski definition) is 6. The fourth-order valence-corrected chi connectivity index (χ4v) is 2.58. The molecule has 0 bridgehead atoms. The second-order valence-electron chi connectivity index (χ2n) is 5.62. The molecule has 0 fully saturated rings. The van der Waals surface area contributed by atoms with Crippen molar-refractivity contribution >= 4 is 17.7 Å². The summed E-state index contributed by atoms with van der Waals surface area (Å²) in [4.78, 5) is 35.4. The third kappa shape index (κ3) is 4.38. The van der Waals surface area contributed by atoms with Gasteiger partial charge in [-0.2, -0.15) is 0 Å². The van der Waals surface area contributed by atoms with Crippen molar-refractivity contribution in [3.8, 4) is 11.1 Å². The van der Waals surface area contributed by atoms with Gasteiger partial charge in [-0.3, -0.25) is 10.1 Å². The molecule has 0 aliphatic carbocycles. The van der Waals surface area contributed by atoms with Gasteiger partial charge in [-0.1, -0.05) is 24.3 Å². The van der Waals surface area contributed by atoms with Crippen LogP contribution in [0, 0.1) is 15.9 Å². The maximum atomic E-state index is 13.7. The van der Waals surface area contributed by atoms with Gasteiger partial charge in [0.05, 0.1) is 36.3 Å². The van der Waals surface area contributed by atoms with Gasteiger partial charge < -0.3 is 14.4 Å². The first-order chi connectivity index (χ1) is 12.8. The zero-order chi connectivity index (χ0) is 20.1. The van der Waals surface area contributed by atoms with Gasteiger partial charge in [0, 0.05) is 13.6 Å². The molecule has 8 nitrogen and oxygen atoms in total. The molecule has 0 radical (unpaired) electrons. The lowest BCUT2D eigenvalue weighted by Crippen LogP contribution is -2.25. The van der Waals surface area contributed by atoms with Crippen molar-refractivity contribution in [1.82, 2.24) is 4.90 Å². The van der Waals surface area contributed by atoms with Gasteiger partial charge in [-0.25, -0.2) is 14.0 Å². The molecule has 2 aromatic rings. The summed E-state index contributed by atoms with van der Waals surface area (Å²) < 4.78 is 23.0. The van der Waals surface area contributed by atoms with Gasteiger partial charge in [0.1, 0.15) is 5.82 Å². The van der Waals surface area contributed by atoms with Crippen LogP contribution in [0.15, 0.2) is 36.4 Å². The van der Waals surface area contributed by atoms with Crippen molar-refractivity contribution in [3.05, 3.63) is 63.5 Å². The molecule has 0 aliphatic rings. The summed E-state index contributed by atoms with van der Waals surface area (Å²) in [5.74, 6) is -1.80. The van der Waals surface area contributed by atoms with E-state index in [1.165, 1.54) is 12.0 Å². The number of nitro groups is 1. The first kappa shape index (κ1) is 19.8. The highest BCUT2D eigenvalue weighted by Gasteiger charge is 2.25. The summed E-state index contributed by atoms with van der Waals surface area (Å²) in [7, 11) is 3.93. The minimum Gasteiger partial charge on any atom is -0.465 e. The predicted molar refractivity (Wildman–Crippen MR) is 93.7 cm³/mol. The molecule has 1 amide bonds. The van der Waals surface area contributed by atoms with Crippen LogP contribution >= 0.6 is 0 Å². The Bertz CT molecular complexity index is 882. The van der Waals surface area contributed by atoms with Crippen LogP contribution < -0.4 is 0 Å². The number of nitrogens with zero attached hydrogens (tertiary/aromatic N) is 2. The van der Waals surface area contributed by atoms with E-state index in [0.717, 1.165) is 24.8 Å². The lowest BCUT2D eigenvalue weighted by Gasteiger charge is -2.16. The van der Waals surface area contributed by atoms with E-state index in [1.807, 2.05) is 0 Å². The predicted octanol–water partition coefficient (Wildman–Crippen LogP) is 3.39. The minimum atomic E-state index is -0.915. The molecule has 9 heteroatoms. The molecule has 0 saturated heterocycles. The molecular weight excluding hydrogens is 359 g/mol. The normalized spacial score (nSPS) is 10.2. The molecule has 27 heavy (non-hydrogen) atoms. The van der Waals surface area contributed by atoms with E-state index in [1.54, 1.807) is 31.3 Å². The van der Waals surface area contributed by atoms with Gasteiger partial charge in [-0.05, 0) is 17.2 Å². The van der Waals surface area contributed by atoms with E-state index in [4.69, 9.17) is 0 Å². The Balaban J connectivity index is 2.49. The number of carbonyl (C=O) groups excluding carboxylic acids is 2. The molecule has 2 aromatic carbocycles. The van der Waals surface area contributed by atoms with E-state index < -0.39 is 28.5 Å². The third-order valence-electron chi connectivity index (χ3n) is 3.83. The van der Waals surface area contributed by atoms with Gasteiger partial charge in [0.2, 0.25) is 0 Å².